The van der Waals surface area contributed by atoms with Crippen LogP contribution in [0.2, 0.25) is 0 Å². The van der Waals surface area contributed by atoms with Crippen molar-refractivity contribution < 1.29 is 14.3 Å². The van der Waals surface area contributed by atoms with Crippen LogP contribution in [0.25, 0.3) is 21.8 Å². The van der Waals surface area contributed by atoms with Crippen LogP contribution in [0.4, 0.5) is 0 Å². The number of nitrogens with two attached hydrogens (primary N) is 1. The van der Waals surface area contributed by atoms with Gasteiger partial charge in [0.1, 0.15) is 5.39 Å². The van der Waals surface area contributed by atoms with Crippen molar-refractivity contribution in [3.8, 4) is 5.75 Å². The molecule has 2 atom stereocenters. The molecule has 3 N–H and O–H groups in total. The Hall–Kier alpha value is -3.91. The first-order valence-electron chi connectivity index (χ1n) is 12.2. The maximum absolute atomic E-state index is 13.9. The maximum Gasteiger partial charge on any atom is 0.272 e. The minimum atomic E-state index is -0.381. The summed E-state index contributed by atoms with van der Waals surface area (Å²) in [5.41, 5.74) is 7.88. The lowest BCUT2D eigenvalue weighted by atomic mass is 9.91. The highest BCUT2D eigenvalue weighted by atomic mass is 16.5. The fraction of sp³-hybridized carbons (Fsp3) is 0.321. The standard InChI is InChI=1S/C28H30N4O4/c1-31-24-18-12-6-9-15-21(18)32(16-22(33)17-10-4-3-5-11-17)28(35)23(24)26(36-2)25(31)27(34)30-20-14-8-7-13-19(20)29/h3-6,9-12,15,19-20H,7-8,13-14,16,29H2,1-2H3,(H,30,34)/t19-,20-/m1/s1. The number of benzene rings is 2. The number of hydrogen-bond donors (Lipinski definition) is 2. The van der Waals surface area contributed by atoms with Crippen molar-refractivity contribution in [2.45, 2.75) is 44.3 Å². The Morgan fingerprint density at radius 1 is 1.06 bits per heavy atom. The van der Waals surface area contributed by atoms with Crippen molar-refractivity contribution in [3.63, 3.8) is 0 Å². The van der Waals surface area contributed by atoms with Gasteiger partial charge in [-0.3, -0.25) is 19.0 Å². The van der Waals surface area contributed by atoms with E-state index in [1.807, 2.05) is 30.3 Å². The number of rotatable bonds is 6. The van der Waals surface area contributed by atoms with Crippen LogP contribution < -0.4 is 21.3 Å². The predicted molar refractivity (Wildman–Crippen MR) is 140 cm³/mol. The second-order valence-corrected chi connectivity index (χ2v) is 9.39. The zero-order valence-corrected chi connectivity index (χ0v) is 20.5. The van der Waals surface area contributed by atoms with E-state index in [9.17, 15) is 14.4 Å². The summed E-state index contributed by atoms with van der Waals surface area (Å²) < 4.78 is 8.86. The second kappa shape index (κ2) is 9.62. The van der Waals surface area contributed by atoms with Crippen molar-refractivity contribution in [1.82, 2.24) is 14.5 Å². The molecule has 0 unspecified atom stereocenters. The summed E-state index contributed by atoms with van der Waals surface area (Å²) in [5, 5.41) is 4.10. The van der Waals surface area contributed by atoms with E-state index in [-0.39, 0.29) is 52.7 Å². The van der Waals surface area contributed by atoms with Crippen LogP contribution in [0, 0.1) is 0 Å². The number of nitrogens with zero attached hydrogens (tertiary/aromatic N) is 2. The van der Waals surface area contributed by atoms with Crippen molar-refractivity contribution >= 4 is 33.5 Å². The van der Waals surface area contributed by atoms with Gasteiger partial charge >= 0.3 is 0 Å². The van der Waals surface area contributed by atoms with E-state index in [0.717, 1.165) is 31.1 Å². The number of amides is 1. The lowest BCUT2D eigenvalue weighted by Crippen LogP contribution is -2.49. The van der Waals surface area contributed by atoms with E-state index in [0.29, 0.717) is 16.6 Å². The quantitative estimate of drug-likeness (QED) is 0.406. The molecule has 1 amide bonds. The van der Waals surface area contributed by atoms with E-state index < -0.39 is 0 Å². The van der Waals surface area contributed by atoms with Crippen LogP contribution in [-0.4, -0.2) is 40.0 Å². The van der Waals surface area contributed by atoms with Crippen LogP contribution in [0.1, 0.15) is 46.5 Å². The van der Waals surface area contributed by atoms with Crippen molar-refractivity contribution in [2.24, 2.45) is 12.8 Å². The van der Waals surface area contributed by atoms with E-state index >= 15 is 0 Å². The van der Waals surface area contributed by atoms with Crippen molar-refractivity contribution in [3.05, 3.63) is 76.2 Å². The molecule has 0 saturated heterocycles. The molecule has 8 heteroatoms. The number of ketones is 1. The molecule has 1 fully saturated rings. The second-order valence-electron chi connectivity index (χ2n) is 9.39. The summed E-state index contributed by atoms with van der Waals surface area (Å²) in [7, 11) is 3.21. The molecule has 2 aromatic carbocycles. The van der Waals surface area contributed by atoms with Crippen molar-refractivity contribution in [1.29, 1.82) is 0 Å². The lowest BCUT2D eigenvalue weighted by molar-refractivity contribution is 0.0909. The van der Waals surface area contributed by atoms with Gasteiger partial charge in [-0.2, -0.15) is 0 Å². The Morgan fingerprint density at radius 2 is 1.75 bits per heavy atom. The molecule has 0 spiro atoms. The molecule has 2 heterocycles. The van der Waals surface area contributed by atoms with Gasteiger partial charge in [-0.05, 0) is 18.9 Å². The number of carbonyl (C=O) groups excluding carboxylic acids is 2. The summed E-state index contributed by atoms with van der Waals surface area (Å²) in [6.45, 7) is -0.129. The Morgan fingerprint density at radius 3 is 2.47 bits per heavy atom. The molecule has 8 nitrogen and oxygen atoms in total. The van der Waals surface area contributed by atoms with Crippen LogP contribution in [0.5, 0.6) is 5.75 Å². The fourth-order valence-corrected chi connectivity index (χ4v) is 5.37. The van der Waals surface area contributed by atoms with Crippen LogP contribution in [0.15, 0.2) is 59.4 Å². The average Bonchev–Trinajstić information content (AvgIpc) is 3.20. The largest absolute Gasteiger partial charge is 0.493 e. The summed E-state index contributed by atoms with van der Waals surface area (Å²) in [4.78, 5) is 40.4. The Kier molecular flexibility index (Phi) is 6.36. The predicted octanol–water partition coefficient (Wildman–Crippen LogP) is 3.38. The van der Waals surface area contributed by atoms with Gasteiger partial charge in [-0.15, -0.1) is 0 Å². The molecule has 0 radical (unpaired) electrons. The highest BCUT2D eigenvalue weighted by Gasteiger charge is 2.30. The molecule has 186 valence electrons. The molecule has 36 heavy (non-hydrogen) atoms. The Bertz CT molecular complexity index is 1520. The molecule has 2 aromatic heterocycles. The molecule has 5 rings (SSSR count). The zero-order chi connectivity index (χ0) is 25.4. The van der Waals surface area contributed by atoms with Gasteiger partial charge in [-0.1, -0.05) is 61.4 Å². The number of aromatic nitrogens is 2. The number of para-hydroxylation sites is 1. The smallest absolute Gasteiger partial charge is 0.272 e. The Balaban J connectivity index is 1.68. The monoisotopic (exact) mass is 486 g/mol. The zero-order valence-electron chi connectivity index (χ0n) is 20.5. The Labute approximate surface area is 208 Å². The fourth-order valence-electron chi connectivity index (χ4n) is 5.37. The highest BCUT2D eigenvalue weighted by Crippen LogP contribution is 2.35. The molecule has 1 aliphatic carbocycles. The molecule has 1 aliphatic rings. The van der Waals surface area contributed by atoms with E-state index in [1.54, 1.807) is 35.9 Å². The molecular formula is C28H30N4O4. The normalized spacial score (nSPS) is 17.9. The van der Waals surface area contributed by atoms with Crippen molar-refractivity contribution in [2.75, 3.05) is 7.11 Å². The van der Waals surface area contributed by atoms with E-state index in [4.69, 9.17) is 10.5 Å². The van der Waals surface area contributed by atoms with Gasteiger partial charge in [0.2, 0.25) is 0 Å². The van der Waals surface area contributed by atoms with Crippen LogP contribution >= 0.6 is 0 Å². The maximum atomic E-state index is 13.9. The first-order valence-corrected chi connectivity index (χ1v) is 12.2. The molecule has 1 saturated carbocycles. The lowest BCUT2D eigenvalue weighted by Gasteiger charge is -2.29. The van der Waals surface area contributed by atoms with E-state index in [1.165, 1.54) is 11.7 Å². The number of pyridine rings is 1. The van der Waals surface area contributed by atoms with E-state index in [2.05, 4.69) is 5.32 Å². The number of methoxy groups -OCH3 is 1. The number of aryl methyl sites for hydroxylation is 1. The third-order valence-electron chi connectivity index (χ3n) is 7.21. The number of carbonyl (C=O) groups is 2. The minimum absolute atomic E-state index is 0.106. The average molecular weight is 487 g/mol. The summed E-state index contributed by atoms with van der Waals surface area (Å²) >= 11 is 0. The molecule has 0 bridgehead atoms. The van der Waals surface area contributed by atoms with Gasteiger partial charge in [-0.25, -0.2) is 0 Å². The highest BCUT2D eigenvalue weighted by molar-refractivity contribution is 6.12. The van der Waals surface area contributed by atoms with Gasteiger partial charge in [0, 0.05) is 30.1 Å². The summed E-state index contributed by atoms with van der Waals surface area (Å²) in [6, 6.07) is 16.0. The number of Topliss-reactive ketones (excluding diaryl/α,β-unsaturated/α-hetero) is 1. The third-order valence-corrected chi connectivity index (χ3v) is 7.21. The molecule has 4 aromatic rings. The summed E-state index contributed by atoms with van der Waals surface area (Å²) in [5.74, 6) is -0.310. The van der Waals surface area contributed by atoms with Gasteiger partial charge < -0.3 is 20.4 Å². The first kappa shape index (κ1) is 23.8. The van der Waals surface area contributed by atoms with Crippen LogP contribution in [-0.2, 0) is 13.6 Å². The number of ether oxygens (including phenoxy) is 1. The first-order chi connectivity index (χ1) is 17.4. The van der Waals surface area contributed by atoms with Gasteiger partial charge in [0.25, 0.3) is 11.5 Å². The van der Waals surface area contributed by atoms with Crippen LogP contribution in [0.3, 0.4) is 0 Å². The number of nitrogens with one attached hydrogen (secondary N) is 1. The molecular weight excluding hydrogens is 456 g/mol. The van der Waals surface area contributed by atoms with Gasteiger partial charge in [0.15, 0.2) is 17.2 Å². The SMILES string of the molecule is COc1c(C(=O)N[C@@H]2CCCC[C@H]2N)n(C)c2c1c(=O)n(CC(=O)c1ccccc1)c1ccccc21. The number of fused-ring (bicyclic) bond motifs is 3. The topological polar surface area (TPSA) is 108 Å². The molecule has 0 aliphatic heterocycles. The summed E-state index contributed by atoms with van der Waals surface area (Å²) in [6.07, 6.45) is 3.74. The van der Waals surface area contributed by atoms with Gasteiger partial charge in [0.05, 0.1) is 24.7 Å². The minimum Gasteiger partial charge on any atom is -0.493 e. The third kappa shape index (κ3) is 3.97. The number of hydrogen-bond acceptors (Lipinski definition) is 5.